The Morgan fingerprint density at radius 2 is 2.27 bits per heavy atom. The van der Waals surface area contributed by atoms with E-state index in [9.17, 15) is 9.59 Å². The van der Waals surface area contributed by atoms with Gasteiger partial charge in [-0.05, 0) is 42.0 Å². The number of halogens is 2. The van der Waals surface area contributed by atoms with Gasteiger partial charge in [0, 0.05) is 29.2 Å². The minimum Gasteiger partial charge on any atom is -0.359 e. The van der Waals surface area contributed by atoms with E-state index in [1.807, 2.05) is 24.3 Å². The molecule has 0 saturated heterocycles. The number of hydrogen-bond acceptors (Lipinski definition) is 2. The lowest BCUT2D eigenvalue weighted by Crippen LogP contribution is -2.45. The number of benzene rings is 1. The second-order valence-corrected chi connectivity index (χ2v) is 7.49. The lowest BCUT2D eigenvalue weighted by Gasteiger charge is -2.38. The molecule has 4 nitrogen and oxygen atoms in total. The summed E-state index contributed by atoms with van der Waals surface area (Å²) in [6.45, 7) is 3.96. The highest BCUT2D eigenvalue weighted by Crippen LogP contribution is 2.50. The first-order chi connectivity index (χ1) is 12.4. The summed E-state index contributed by atoms with van der Waals surface area (Å²) in [7, 11) is 1.59. The normalized spacial score (nSPS) is 25.1. The summed E-state index contributed by atoms with van der Waals surface area (Å²) in [5.41, 5.74) is 0.413. The molecule has 1 heterocycles. The van der Waals surface area contributed by atoms with E-state index in [1.165, 1.54) is 0 Å². The Labute approximate surface area is 162 Å². The summed E-state index contributed by atoms with van der Waals surface area (Å²) in [5.74, 6) is -0.737. The van der Waals surface area contributed by atoms with E-state index in [2.05, 4.69) is 17.2 Å². The summed E-state index contributed by atoms with van der Waals surface area (Å²) >= 11 is 12.3. The maximum atomic E-state index is 13.1. The van der Waals surface area contributed by atoms with Gasteiger partial charge in [0.15, 0.2) is 0 Å². The summed E-state index contributed by atoms with van der Waals surface area (Å²) in [6, 6.07) is 5.30. The number of rotatable bonds is 5. The van der Waals surface area contributed by atoms with Gasteiger partial charge in [-0.1, -0.05) is 47.5 Å². The molecule has 2 amide bonds. The number of allylic oxidation sites excluding steroid dienone is 4. The first-order valence-corrected chi connectivity index (χ1v) is 9.16. The maximum absolute atomic E-state index is 13.1. The number of hydrogen-bond donors (Lipinski definition) is 2. The summed E-state index contributed by atoms with van der Waals surface area (Å²) in [6.07, 6.45) is 8.11. The Morgan fingerprint density at radius 3 is 2.92 bits per heavy atom. The van der Waals surface area contributed by atoms with Crippen LogP contribution in [0.3, 0.4) is 0 Å². The largest absolute Gasteiger partial charge is 0.359 e. The molecule has 0 fully saturated rings. The molecule has 3 rings (SSSR count). The Kier molecular flexibility index (Phi) is 5.26. The van der Waals surface area contributed by atoms with Gasteiger partial charge >= 0.3 is 0 Å². The SMILES string of the molecule is C=C[C@]1([C@@H](CC(=O)NC)C2C=CC=C(Cl)C2)C(=O)Nc2cc(Cl)ccc21. The number of carbonyl (C=O) groups is 2. The molecule has 0 saturated carbocycles. The van der Waals surface area contributed by atoms with Gasteiger partial charge in [0.05, 0.1) is 5.41 Å². The predicted octanol–water partition coefficient (Wildman–Crippen LogP) is 4.17. The molecule has 26 heavy (non-hydrogen) atoms. The van der Waals surface area contributed by atoms with Crippen molar-refractivity contribution in [2.45, 2.75) is 18.3 Å². The number of fused-ring (bicyclic) bond motifs is 1. The zero-order valence-electron chi connectivity index (χ0n) is 14.4. The van der Waals surface area contributed by atoms with Crippen molar-refractivity contribution in [3.05, 3.63) is 64.7 Å². The van der Waals surface area contributed by atoms with Crippen LogP contribution in [-0.2, 0) is 15.0 Å². The molecule has 0 radical (unpaired) electrons. The van der Waals surface area contributed by atoms with Gasteiger partial charge in [0.25, 0.3) is 0 Å². The third-order valence-corrected chi connectivity index (χ3v) is 5.74. The number of amides is 2. The second kappa shape index (κ2) is 7.29. The van der Waals surface area contributed by atoms with E-state index in [0.717, 1.165) is 5.56 Å². The topological polar surface area (TPSA) is 58.2 Å². The lowest BCUT2D eigenvalue weighted by molar-refractivity contribution is -0.125. The van der Waals surface area contributed by atoms with Gasteiger partial charge in [-0.15, -0.1) is 6.58 Å². The lowest BCUT2D eigenvalue weighted by atomic mass is 9.63. The molecule has 3 atom stereocenters. The van der Waals surface area contributed by atoms with Crippen LogP contribution in [0.1, 0.15) is 18.4 Å². The van der Waals surface area contributed by atoms with Crippen LogP contribution in [0.5, 0.6) is 0 Å². The van der Waals surface area contributed by atoms with Crippen LogP contribution in [0.2, 0.25) is 5.02 Å². The van der Waals surface area contributed by atoms with Crippen molar-refractivity contribution in [2.75, 3.05) is 12.4 Å². The smallest absolute Gasteiger partial charge is 0.239 e. The molecule has 1 unspecified atom stereocenters. The first kappa shape index (κ1) is 18.7. The predicted molar refractivity (Wildman–Crippen MR) is 105 cm³/mol. The van der Waals surface area contributed by atoms with Crippen LogP contribution < -0.4 is 10.6 Å². The number of anilines is 1. The Morgan fingerprint density at radius 1 is 1.50 bits per heavy atom. The molecule has 136 valence electrons. The Hall–Kier alpha value is -2.04. The molecule has 1 aliphatic carbocycles. The van der Waals surface area contributed by atoms with Gasteiger partial charge in [0.2, 0.25) is 11.8 Å². The van der Waals surface area contributed by atoms with Crippen LogP contribution in [0.15, 0.2) is 54.1 Å². The van der Waals surface area contributed by atoms with Gasteiger partial charge < -0.3 is 10.6 Å². The van der Waals surface area contributed by atoms with Crippen LogP contribution in [0, 0.1) is 11.8 Å². The van der Waals surface area contributed by atoms with Gasteiger partial charge in [-0.25, -0.2) is 0 Å². The van der Waals surface area contributed by atoms with E-state index in [1.54, 1.807) is 25.3 Å². The summed E-state index contributed by atoms with van der Waals surface area (Å²) in [5, 5.41) is 6.80. The highest BCUT2D eigenvalue weighted by Gasteiger charge is 2.52. The van der Waals surface area contributed by atoms with Crippen molar-refractivity contribution in [1.29, 1.82) is 0 Å². The zero-order chi connectivity index (χ0) is 18.9. The minimum absolute atomic E-state index is 0.0739. The first-order valence-electron chi connectivity index (χ1n) is 8.41. The third kappa shape index (κ3) is 3.08. The molecule has 0 aromatic heterocycles. The monoisotopic (exact) mass is 390 g/mol. The minimum atomic E-state index is -1.03. The average Bonchev–Trinajstić information content (AvgIpc) is 2.90. The molecular weight excluding hydrogens is 371 g/mol. The van der Waals surface area contributed by atoms with Gasteiger partial charge in [0.1, 0.15) is 0 Å². The molecule has 0 bridgehead atoms. The number of carbonyl (C=O) groups excluding carboxylic acids is 2. The highest BCUT2D eigenvalue weighted by atomic mass is 35.5. The van der Waals surface area contributed by atoms with E-state index < -0.39 is 5.41 Å². The Balaban J connectivity index is 2.13. The van der Waals surface area contributed by atoms with Crippen LogP contribution >= 0.6 is 23.2 Å². The fraction of sp³-hybridized carbons (Fsp3) is 0.300. The molecule has 2 N–H and O–H groups in total. The molecular formula is C20H20Cl2N2O2. The average molecular weight is 391 g/mol. The molecule has 1 aromatic rings. The molecule has 1 aliphatic heterocycles. The highest BCUT2D eigenvalue weighted by molar-refractivity contribution is 6.31. The quantitative estimate of drug-likeness (QED) is 0.741. The van der Waals surface area contributed by atoms with Crippen LogP contribution in [0.25, 0.3) is 0 Å². The zero-order valence-corrected chi connectivity index (χ0v) is 15.9. The van der Waals surface area contributed by atoms with E-state index in [0.29, 0.717) is 22.2 Å². The van der Waals surface area contributed by atoms with E-state index in [-0.39, 0.29) is 30.1 Å². The number of nitrogens with one attached hydrogen (secondary N) is 2. The Bertz CT molecular complexity index is 831. The standard InChI is InChI=1S/C20H20Cl2N2O2/c1-3-20(15-8-7-14(22)10-17(15)24-19(20)26)16(11-18(25)23-2)12-5-4-6-13(21)9-12/h3-8,10,12,16H,1,9,11H2,2H3,(H,23,25)(H,24,26)/t12?,16-,20-/m0/s1. The van der Waals surface area contributed by atoms with Crippen LogP contribution in [0.4, 0.5) is 5.69 Å². The van der Waals surface area contributed by atoms with Crippen molar-refractivity contribution in [1.82, 2.24) is 5.32 Å². The summed E-state index contributed by atoms with van der Waals surface area (Å²) < 4.78 is 0. The van der Waals surface area contributed by atoms with Crippen molar-refractivity contribution in [3.8, 4) is 0 Å². The van der Waals surface area contributed by atoms with Crippen molar-refractivity contribution < 1.29 is 9.59 Å². The maximum Gasteiger partial charge on any atom is 0.239 e. The van der Waals surface area contributed by atoms with E-state index in [4.69, 9.17) is 23.2 Å². The van der Waals surface area contributed by atoms with Crippen LogP contribution in [-0.4, -0.2) is 18.9 Å². The van der Waals surface area contributed by atoms with Crippen molar-refractivity contribution >= 4 is 40.7 Å². The molecule has 6 heteroatoms. The fourth-order valence-corrected chi connectivity index (χ4v) is 4.37. The molecule has 2 aliphatic rings. The van der Waals surface area contributed by atoms with Gasteiger partial charge in [-0.3, -0.25) is 9.59 Å². The third-order valence-electron chi connectivity index (χ3n) is 5.23. The van der Waals surface area contributed by atoms with E-state index >= 15 is 0 Å². The van der Waals surface area contributed by atoms with Gasteiger partial charge in [-0.2, -0.15) is 0 Å². The summed E-state index contributed by atoms with van der Waals surface area (Å²) in [4.78, 5) is 25.4. The van der Waals surface area contributed by atoms with Crippen molar-refractivity contribution in [3.63, 3.8) is 0 Å². The van der Waals surface area contributed by atoms with Crippen molar-refractivity contribution in [2.24, 2.45) is 11.8 Å². The molecule has 1 aromatic carbocycles. The molecule has 0 spiro atoms. The second-order valence-electron chi connectivity index (χ2n) is 6.57. The fourth-order valence-electron chi connectivity index (χ4n) is 3.94.